The molecular formula is C22H26N6. The molecule has 3 aromatic heterocycles. The number of hydrogen-bond donors (Lipinski definition) is 1. The molecule has 1 N–H and O–H groups in total. The van der Waals surface area contributed by atoms with Crippen LogP contribution in [0.2, 0.25) is 0 Å². The van der Waals surface area contributed by atoms with E-state index in [-0.39, 0.29) is 0 Å². The molecule has 1 atom stereocenters. The number of pyridine rings is 2. The van der Waals surface area contributed by atoms with Crippen LogP contribution in [0.4, 0.5) is 11.8 Å². The normalized spacial score (nSPS) is 17.4. The van der Waals surface area contributed by atoms with Crippen molar-refractivity contribution in [2.75, 3.05) is 11.9 Å². The van der Waals surface area contributed by atoms with E-state index in [0.29, 0.717) is 12.0 Å². The number of aryl methyl sites for hydroxylation is 2. The van der Waals surface area contributed by atoms with Crippen molar-refractivity contribution in [2.45, 2.75) is 45.7 Å². The molecule has 0 aromatic carbocycles. The number of hydrogen-bond acceptors (Lipinski definition) is 6. The van der Waals surface area contributed by atoms with Gasteiger partial charge in [-0.05, 0) is 62.6 Å². The highest BCUT2D eigenvalue weighted by molar-refractivity contribution is 5.48. The van der Waals surface area contributed by atoms with Crippen LogP contribution in [0.3, 0.4) is 0 Å². The van der Waals surface area contributed by atoms with Gasteiger partial charge in [0.2, 0.25) is 5.95 Å². The lowest BCUT2D eigenvalue weighted by atomic mass is 9.96. The Morgan fingerprint density at radius 1 is 1.07 bits per heavy atom. The van der Waals surface area contributed by atoms with Crippen LogP contribution in [0.1, 0.15) is 47.8 Å². The predicted molar refractivity (Wildman–Crippen MR) is 110 cm³/mol. The summed E-state index contributed by atoms with van der Waals surface area (Å²) in [6, 6.07) is 10.7. The molecule has 0 bridgehead atoms. The number of nitrogens with one attached hydrogen (secondary N) is 1. The molecular weight excluding hydrogens is 348 g/mol. The summed E-state index contributed by atoms with van der Waals surface area (Å²) >= 11 is 0. The molecule has 0 unspecified atom stereocenters. The van der Waals surface area contributed by atoms with Gasteiger partial charge in [0.1, 0.15) is 5.82 Å². The third-order valence-electron chi connectivity index (χ3n) is 5.12. The van der Waals surface area contributed by atoms with Crippen LogP contribution in [0.5, 0.6) is 0 Å². The average Bonchev–Trinajstić information content (AvgIpc) is 2.69. The maximum absolute atomic E-state index is 4.62. The van der Waals surface area contributed by atoms with Crippen molar-refractivity contribution in [3.05, 3.63) is 71.4 Å². The molecule has 28 heavy (non-hydrogen) atoms. The van der Waals surface area contributed by atoms with Crippen molar-refractivity contribution in [1.82, 2.24) is 24.8 Å². The Morgan fingerprint density at radius 3 is 2.64 bits per heavy atom. The molecule has 0 aliphatic carbocycles. The Hall–Kier alpha value is -2.86. The number of aromatic nitrogens is 4. The molecule has 0 saturated carbocycles. The second-order valence-electron chi connectivity index (χ2n) is 7.42. The summed E-state index contributed by atoms with van der Waals surface area (Å²) in [5, 5.41) is 3.21. The molecule has 4 heterocycles. The minimum atomic E-state index is 0.396. The van der Waals surface area contributed by atoms with Gasteiger partial charge in [0.05, 0.1) is 0 Å². The smallest absolute Gasteiger partial charge is 0.228 e. The average molecular weight is 374 g/mol. The first-order valence-corrected chi connectivity index (χ1v) is 9.85. The van der Waals surface area contributed by atoms with Crippen LogP contribution in [0.25, 0.3) is 0 Å². The number of rotatable bonds is 5. The van der Waals surface area contributed by atoms with Gasteiger partial charge in [-0.25, -0.2) is 15.0 Å². The van der Waals surface area contributed by atoms with Gasteiger partial charge in [-0.1, -0.05) is 18.6 Å². The highest BCUT2D eigenvalue weighted by atomic mass is 15.2. The van der Waals surface area contributed by atoms with Crippen molar-refractivity contribution in [2.24, 2.45) is 0 Å². The van der Waals surface area contributed by atoms with Gasteiger partial charge in [-0.2, -0.15) is 0 Å². The minimum Gasteiger partial charge on any atom is -0.309 e. The van der Waals surface area contributed by atoms with Crippen LogP contribution in [-0.4, -0.2) is 31.4 Å². The maximum Gasteiger partial charge on any atom is 0.228 e. The fourth-order valence-electron chi connectivity index (χ4n) is 3.86. The minimum absolute atomic E-state index is 0.396. The number of anilines is 2. The quantitative estimate of drug-likeness (QED) is 0.716. The Kier molecular flexibility index (Phi) is 5.58. The lowest BCUT2D eigenvalue weighted by molar-refractivity contribution is 0.140. The Balaban J connectivity index is 1.48. The van der Waals surface area contributed by atoms with E-state index in [1.165, 1.54) is 24.0 Å². The van der Waals surface area contributed by atoms with Gasteiger partial charge in [0, 0.05) is 42.6 Å². The standard InChI is InChI=1S/C22H26N6/c1-16-12-17(2)26-22(25-16)27-21-9-8-19(14-24-21)20-7-3-4-11-28(20)15-18-6-5-10-23-13-18/h5-6,8-10,12-14,20H,3-4,7,11,15H2,1-2H3,(H,24,25,26,27)/t20-/m1/s1. The summed E-state index contributed by atoms with van der Waals surface area (Å²) in [5.74, 6) is 1.36. The summed E-state index contributed by atoms with van der Waals surface area (Å²) < 4.78 is 0. The number of piperidine rings is 1. The van der Waals surface area contributed by atoms with E-state index in [4.69, 9.17) is 0 Å². The van der Waals surface area contributed by atoms with Crippen molar-refractivity contribution in [3.8, 4) is 0 Å². The lowest BCUT2D eigenvalue weighted by Gasteiger charge is -2.36. The molecule has 1 aliphatic heterocycles. The lowest BCUT2D eigenvalue weighted by Crippen LogP contribution is -2.33. The van der Waals surface area contributed by atoms with Crippen LogP contribution in [-0.2, 0) is 6.54 Å². The van der Waals surface area contributed by atoms with Gasteiger partial charge in [-0.15, -0.1) is 0 Å². The van der Waals surface area contributed by atoms with Crippen molar-refractivity contribution >= 4 is 11.8 Å². The summed E-state index contributed by atoms with van der Waals surface area (Å²) in [7, 11) is 0. The second kappa shape index (κ2) is 8.44. The maximum atomic E-state index is 4.62. The monoisotopic (exact) mass is 374 g/mol. The molecule has 1 aliphatic rings. The highest BCUT2D eigenvalue weighted by Gasteiger charge is 2.24. The fourth-order valence-corrected chi connectivity index (χ4v) is 3.86. The van der Waals surface area contributed by atoms with Crippen molar-refractivity contribution in [1.29, 1.82) is 0 Å². The third kappa shape index (κ3) is 4.51. The van der Waals surface area contributed by atoms with E-state index in [1.807, 2.05) is 50.6 Å². The second-order valence-corrected chi connectivity index (χ2v) is 7.42. The molecule has 144 valence electrons. The van der Waals surface area contributed by atoms with E-state index < -0.39 is 0 Å². The van der Waals surface area contributed by atoms with E-state index >= 15 is 0 Å². The van der Waals surface area contributed by atoms with Crippen LogP contribution < -0.4 is 5.32 Å². The van der Waals surface area contributed by atoms with E-state index in [0.717, 1.165) is 36.7 Å². The van der Waals surface area contributed by atoms with Gasteiger partial charge in [0.15, 0.2) is 0 Å². The van der Waals surface area contributed by atoms with Crippen LogP contribution in [0.15, 0.2) is 48.9 Å². The largest absolute Gasteiger partial charge is 0.309 e. The van der Waals surface area contributed by atoms with Crippen LogP contribution >= 0.6 is 0 Å². The molecule has 6 nitrogen and oxygen atoms in total. The Labute approximate surface area is 166 Å². The van der Waals surface area contributed by atoms with Crippen molar-refractivity contribution < 1.29 is 0 Å². The Bertz CT molecular complexity index is 890. The topological polar surface area (TPSA) is 66.8 Å². The summed E-state index contributed by atoms with van der Waals surface area (Å²) in [6.07, 6.45) is 9.43. The van der Waals surface area contributed by atoms with E-state index in [2.05, 4.69) is 42.3 Å². The zero-order valence-electron chi connectivity index (χ0n) is 16.5. The molecule has 0 spiro atoms. The predicted octanol–water partition coefficient (Wildman–Crippen LogP) is 4.35. The van der Waals surface area contributed by atoms with Gasteiger partial charge >= 0.3 is 0 Å². The van der Waals surface area contributed by atoms with E-state index in [9.17, 15) is 0 Å². The molecule has 0 radical (unpaired) electrons. The number of nitrogens with zero attached hydrogens (tertiary/aromatic N) is 5. The zero-order valence-corrected chi connectivity index (χ0v) is 16.5. The van der Waals surface area contributed by atoms with E-state index in [1.54, 1.807) is 0 Å². The SMILES string of the molecule is Cc1cc(C)nc(Nc2ccc([C@H]3CCCCN3Cc3cccnc3)cn2)n1. The zero-order chi connectivity index (χ0) is 19.3. The number of likely N-dealkylation sites (tertiary alicyclic amines) is 1. The third-order valence-corrected chi connectivity index (χ3v) is 5.12. The fraction of sp³-hybridized carbons (Fsp3) is 0.364. The first-order valence-electron chi connectivity index (χ1n) is 9.85. The summed E-state index contributed by atoms with van der Waals surface area (Å²) in [5.41, 5.74) is 4.41. The molecule has 6 heteroatoms. The van der Waals surface area contributed by atoms with Gasteiger partial charge in [-0.3, -0.25) is 9.88 Å². The Morgan fingerprint density at radius 2 is 1.93 bits per heavy atom. The van der Waals surface area contributed by atoms with Crippen LogP contribution in [0, 0.1) is 13.8 Å². The summed E-state index contributed by atoms with van der Waals surface area (Å²) in [6.45, 7) is 5.97. The molecule has 3 aromatic rings. The van der Waals surface area contributed by atoms with Crippen molar-refractivity contribution in [3.63, 3.8) is 0 Å². The van der Waals surface area contributed by atoms with Gasteiger partial charge in [0.25, 0.3) is 0 Å². The first-order chi connectivity index (χ1) is 13.7. The highest BCUT2D eigenvalue weighted by Crippen LogP contribution is 2.32. The molecule has 0 amide bonds. The first kappa shape index (κ1) is 18.5. The van der Waals surface area contributed by atoms with Gasteiger partial charge < -0.3 is 5.32 Å². The summed E-state index contributed by atoms with van der Waals surface area (Å²) in [4.78, 5) is 20.3. The molecule has 4 rings (SSSR count). The molecule has 1 saturated heterocycles. The molecule has 1 fully saturated rings.